The van der Waals surface area contributed by atoms with Gasteiger partial charge in [0.2, 0.25) is 23.6 Å². The second-order valence-electron chi connectivity index (χ2n) is 15.9. The summed E-state index contributed by atoms with van der Waals surface area (Å²) in [6.45, 7) is 18.3. The minimum absolute atomic E-state index is 0.000296. The van der Waals surface area contributed by atoms with Crippen LogP contribution in [-0.4, -0.2) is 121 Å². The summed E-state index contributed by atoms with van der Waals surface area (Å²) >= 11 is 4.55. The molecule has 1 aliphatic heterocycles. The lowest BCUT2D eigenvalue weighted by Gasteiger charge is -2.41. The molecule has 10 atom stereocenters. The summed E-state index contributed by atoms with van der Waals surface area (Å²) in [5.41, 5.74) is 1.15. The molecule has 1 fully saturated rings. The lowest BCUT2D eigenvalue weighted by Crippen LogP contribution is -2.60. The number of ether oxygens (including phenoxy) is 2. The van der Waals surface area contributed by atoms with Gasteiger partial charge in [-0.2, -0.15) is 12.6 Å². The van der Waals surface area contributed by atoms with Crippen LogP contribution >= 0.6 is 12.6 Å². The Morgan fingerprint density at radius 2 is 1.53 bits per heavy atom. The second-order valence-corrected chi connectivity index (χ2v) is 16.7. The van der Waals surface area contributed by atoms with E-state index in [0.717, 1.165) is 24.8 Å². The van der Waals surface area contributed by atoms with Gasteiger partial charge >= 0.3 is 0 Å². The molecule has 1 saturated heterocycles. The van der Waals surface area contributed by atoms with Gasteiger partial charge < -0.3 is 29.9 Å². The normalized spacial score (nSPS) is 19.9. The first-order chi connectivity index (χ1) is 24.9. The fourth-order valence-electron chi connectivity index (χ4n) is 7.86. The molecular formula is C41H71N5O6S. The van der Waals surface area contributed by atoms with Crippen molar-refractivity contribution in [2.45, 2.75) is 142 Å². The molecule has 53 heavy (non-hydrogen) atoms. The SMILES string of the molecule is CC[C@H](C)[C@@H]([C@@H](CC(=O)N1CCC[C@H]1[C@H](OC)[C@@H](C)C(=O)N[C@H](C)Cc1ccccc1)OC)N(C)C(=O)[C@@H](NC(=O)[C@H](C(C)C)N(C)C(C)S)C(C)C. The van der Waals surface area contributed by atoms with Gasteiger partial charge in [0.15, 0.2) is 0 Å². The van der Waals surface area contributed by atoms with E-state index in [2.05, 4.69) is 37.1 Å². The van der Waals surface area contributed by atoms with Gasteiger partial charge in [-0.3, -0.25) is 24.1 Å². The Bertz CT molecular complexity index is 1300. The first-order valence-electron chi connectivity index (χ1n) is 19.6. The Kier molecular flexibility index (Phi) is 19.3. The molecular weight excluding hydrogens is 691 g/mol. The van der Waals surface area contributed by atoms with Gasteiger partial charge in [0.25, 0.3) is 0 Å². The van der Waals surface area contributed by atoms with Gasteiger partial charge in [0, 0.05) is 33.9 Å². The van der Waals surface area contributed by atoms with Gasteiger partial charge in [-0.1, -0.05) is 85.2 Å². The molecule has 0 radical (unpaired) electrons. The third kappa shape index (κ3) is 12.7. The van der Waals surface area contributed by atoms with Crippen LogP contribution in [0.15, 0.2) is 30.3 Å². The van der Waals surface area contributed by atoms with Crippen LogP contribution < -0.4 is 10.6 Å². The Morgan fingerprint density at radius 1 is 0.906 bits per heavy atom. The van der Waals surface area contributed by atoms with Crippen molar-refractivity contribution in [2.24, 2.45) is 23.7 Å². The van der Waals surface area contributed by atoms with Gasteiger partial charge in [-0.15, -0.1) is 0 Å². The number of carbonyl (C=O) groups excluding carboxylic acids is 4. The molecule has 0 spiro atoms. The van der Waals surface area contributed by atoms with Crippen molar-refractivity contribution in [2.75, 3.05) is 34.9 Å². The minimum atomic E-state index is -0.773. The molecule has 302 valence electrons. The minimum Gasteiger partial charge on any atom is -0.379 e. The van der Waals surface area contributed by atoms with E-state index in [1.54, 1.807) is 26.2 Å². The number of carbonyl (C=O) groups is 4. The van der Waals surface area contributed by atoms with E-state index in [1.807, 2.05) is 95.6 Å². The molecule has 11 nitrogen and oxygen atoms in total. The molecule has 4 amide bonds. The van der Waals surface area contributed by atoms with Crippen LogP contribution in [0.3, 0.4) is 0 Å². The van der Waals surface area contributed by atoms with Crippen LogP contribution in [-0.2, 0) is 35.1 Å². The summed E-state index contributed by atoms with van der Waals surface area (Å²) in [6, 6.07) is 8.04. The zero-order valence-electron chi connectivity index (χ0n) is 34.8. The maximum Gasteiger partial charge on any atom is 0.245 e. The predicted octanol–water partition coefficient (Wildman–Crippen LogP) is 5.03. The van der Waals surface area contributed by atoms with E-state index in [1.165, 1.54) is 0 Å². The zero-order chi connectivity index (χ0) is 40.2. The largest absolute Gasteiger partial charge is 0.379 e. The number of benzene rings is 1. The summed E-state index contributed by atoms with van der Waals surface area (Å²) in [5, 5.41) is 6.06. The summed E-state index contributed by atoms with van der Waals surface area (Å²) in [4.78, 5) is 61.1. The van der Waals surface area contributed by atoms with Crippen LogP contribution in [0.1, 0.15) is 93.6 Å². The van der Waals surface area contributed by atoms with E-state index in [0.29, 0.717) is 13.0 Å². The zero-order valence-corrected chi connectivity index (χ0v) is 35.7. The molecule has 0 bridgehead atoms. The molecule has 1 aromatic rings. The summed E-state index contributed by atoms with van der Waals surface area (Å²) in [6.07, 6.45) is 1.96. The molecule has 0 aromatic heterocycles. The number of nitrogens with zero attached hydrogens (tertiary/aromatic N) is 3. The van der Waals surface area contributed by atoms with Gasteiger partial charge in [0.05, 0.1) is 48.0 Å². The van der Waals surface area contributed by atoms with Crippen molar-refractivity contribution in [1.29, 1.82) is 0 Å². The molecule has 1 aromatic carbocycles. The lowest BCUT2D eigenvalue weighted by molar-refractivity contribution is -0.148. The highest BCUT2D eigenvalue weighted by molar-refractivity contribution is 7.80. The van der Waals surface area contributed by atoms with Crippen molar-refractivity contribution >= 4 is 36.3 Å². The number of methoxy groups -OCH3 is 2. The number of likely N-dealkylation sites (tertiary alicyclic amines) is 1. The Morgan fingerprint density at radius 3 is 2.04 bits per heavy atom. The number of likely N-dealkylation sites (N-methyl/N-ethyl adjacent to an activating group) is 2. The van der Waals surface area contributed by atoms with Crippen LogP contribution in [0.2, 0.25) is 0 Å². The molecule has 12 heteroatoms. The summed E-state index contributed by atoms with van der Waals surface area (Å²) in [5.74, 6) is -1.33. The monoisotopic (exact) mass is 762 g/mol. The highest BCUT2D eigenvalue weighted by Gasteiger charge is 2.43. The number of hydrogen-bond donors (Lipinski definition) is 3. The standard InChI is InChI=1S/C41H71N5O6S/c1-14-27(6)37(45(11)41(50)35(25(2)3)43-40(49)36(26(4)5)44(10)30(9)53)33(51-12)24-34(47)46-22-18-21-32(46)38(52-13)29(8)39(48)42-28(7)23-31-19-16-15-17-20-31/h15-17,19-20,25-30,32-33,35-38,53H,14,18,21-24H2,1-13H3,(H,42,48)(H,43,49)/t27-,28+,29+,30?,32-,33+,35-,36-,37-,38+/m0/s1. The summed E-state index contributed by atoms with van der Waals surface area (Å²) < 4.78 is 12.0. The third-order valence-electron chi connectivity index (χ3n) is 11.2. The predicted molar refractivity (Wildman–Crippen MR) is 215 cm³/mol. The van der Waals surface area contributed by atoms with E-state index in [-0.39, 0.29) is 65.3 Å². The molecule has 1 aliphatic rings. The average Bonchev–Trinajstić information content (AvgIpc) is 3.59. The van der Waals surface area contributed by atoms with Crippen molar-refractivity contribution in [1.82, 2.24) is 25.3 Å². The Balaban J connectivity index is 2.25. The second kappa shape index (κ2) is 22.0. The molecule has 1 heterocycles. The van der Waals surface area contributed by atoms with E-state index < -0.39 is 36.3 Å². The van der Waals surface area contributed by atoms with Crippen LogP contribution in [0, 0.1) is 23.7 Å². The molecule has 2 rings (SSSR count). The van der Waals surface area contributed by atoms with Gasteiger partial charge in [0.1, 0.15) is 6.04 Å². The number of thiol groups is 1. The molecule has 2 N–H and O–H groups in total. The average molecular weight is 762 g/mol. The van der Waals surface area contributed by atoms with Crippen molar-refractivity contribution in [3.63, 3.8) is 0 Å². The smallest absolute Gasteiger partial charge is 0.245 e. The molecule has 1 unspecified atom stereocenters. The van der Waals surface area contributed by atoms with Crippen LogP contribution in [0.25, 0.3) is 0 Å². The Hall–Kier alpha value is -2.67. The number of rotatable bonds is 21. The van der Waals surface area contributed by atoms with Crippen molar-refractivity contribution in [3.8, 4) is 0 Å². The third-order valence-corrected chi connectivity index (χ3v) is 11.6. The first kappa shape index (κ1) is 46.5. The van der Waals surface area contributed by atoms with E-state index in [9.17, 15) is 19.2 Å². The fourth-order valence-corrected chi connectivity index (χ4v) is 8.00. The highest BCUT2D eigenvalue weighted by atomic mass is 32.1. The summed E-state index contributed by atoms with van der Waals surface area (Å²) in [7, 11) is 6.79. The Labute approximate surface area is 326 Å². The van der Waals surface area contributed by atoms with Crippen LogP contribution in [0.4, 0.5) is 0 Å². The van der Waals surface area contributed by atoms with Crippen molar-refractivity contribution in [3.05, 3.63) is 35.9 Å². The topological polar surface area (TPSA) is 121 Å². The van der Waals surface area contributed by atoms with Crippen molar-refractivity contribution < 1.29 is 28.7 Å². The number of hydrogen-bond acceptors (Lipinski definition) is 8. The molecule has 0 aliphatic carbocycles. The van der Waals surface area contributed by atoms with E-state index in [4.69, 9.17) is 9.47 Å². The fraction of sp³-hybridized carbons (Fsp3) is 0.756. The van der Waals surface area contributed by atoms with Crippen LogP contribution in [0.5, 0.6) is 0 Å². The van der Waals surface area contributed by atoms with Gasteiger partial charge in [-0.25, -0.2) is 0 Å². The number of amides is 4. The maximum atomic E-state index is 14.3. The first-order valence-corrected chi connectivity index (χ1v) is 20.1. The van der Waals surface area contributed by atoms with E-state index >= 15 is 0 Å². The quantitative estimate of drug-likeness (QED) is 0.119. The molecule has 0 saturated carbocycles. The van der Waals surface area contributed by atoms with Gasteiger partial charge in [-0.05, 0) is 63.5 Å². The number of nitrogens with one attached hydrogen (secondary N) is 2. The lowest BCUT2D eigenvalue weighted by atomic mass is 9.89. The highest BCUT2D eigenvalue weighted by Crippen LogP contribution is 2.30. The maximum absolute atomic E-state index is 14.3.